The van der Waals surface area contributed by atoms with Crippen molar-refractivity contribution >= 4 is 15.9 Å². The summed E-state index contributed by atoms with van der Waals surface area (Å²) in [6.45, 7) is 12.0. The Bertz CT molecular complexity index is 1320. The highest BCUT2D eigenvalue weighted by atomic mass is 32.2. The van der Waals surface area contributed by atoms with E-state index in [2.05, 4.69) is 24.4 Å². The van der Waals surface area contributed by atoms with Gasteiger partial charge in [-0.25, -0.2) is 8.42 Å². The molecule has 6 nitrogen and oxygen atoms in total. The van der Waals surface area contributed by atoms with Crippen LogP contribution in [0.15, 0.2) is 65.6 Å². The Hall–Kier alpha value is -3.16. The summed E-state index contributed by atoms with van der Waals surface area (Å²) in [6, 6.07) is 18.0. The summed E-state index contributed by atoms with van der Waals surface area (Å²) in [4.78, 5) is 13.3. The smallest absolute Gasteiger partial charge is 0.243 e. The fraction of sp³-hybridized carbons (Fsp3) is 0.345. The van der Waals surface area contributed by atoms with Crippen molar-refractivity contribution in [2.75, 3.05) is 13.2 Å². The SMILES string of the molecule is CCOc1ccc(S(=O)(=O)N(CC(=O)N[C@H](C)c2cc(C)c(C)cc2C)Cc2ccccc2)cc1C. The van der Waals surface area contributed by atoms with Crippen LogP contribution in [0.4, 0.5) is 0 Å². The van der Waals surface area contributed by atoms with Crippen LogP contribution < -0.4 is 10.1 Å². The normalized spacial score (nSPS) is 12.4. The number of aryl methyl sites for hydroxylation is 4. The zero-order chi connectivity index (χ0) is 26.5. The van der Waals surface area contributed by atoms with Gasteiger partial charge in [0, 0.05) is 6.54 Å². The number of nitrogens with one attached hydrogen (secondary N) is 1. The topological polar surface area (TPSA) is 75.7 Å². The highest BCUT2D eigenvalue weighted by Gasteiger charge is 2.28. The van der Waals surface area contributed by atoms with E-state index in [1.54, 1.807) is 12.1 Å². The maximum Gasteiger partial charge on any atom is 0.243 e. The van der Waals surface area contributed by atoms with E-state index in [0.717, 1.165) is 27.8 Å². The second-order valence-corrected chi connectivity index (χ2v) is 11.1. The van der Waals surface area contributed by atoms with Crippen LogP contribution in [-0.4, -0.2) is 31.8 Å². The van der Waals surface area contributed by atoms with E-state index in [9.17, 15) is 13.2 Å². The first-order valence-electron chi connectivity index (χ1n) is 12.2. The van der Waals surface area contributed by atoms with Crippen molar-refractivity contribution in [2.24, 2.45) is 0 Å². The Morgan fingerprint density at radius 2 is 1.58 bits per heavy atom. The Morgan fingerprint density at radius 1 is 0.917 bits per heavy atom. The van der Waals surface area contributed by atoms with Gasteiger partial charge in [-0.15, -0.1) is 0 Å². The zero-order valence-electron chi connectivity index (χ0n) is 22.0. The van der Waals surface area contributed by atoms with Crippen molar-refractivity contribution in [1.29, 1.82) is 0 Å². The summed E-state index contributed by atoms with van der Waals surface area (Å²) in [5.74, 6) is 0.281. The number of nitrogens with zero attached hydrogens (tertiary/aromatic N) is 1. The van der Waals surface area contributed by atoms with Crippen molar-refractivity contribution in [3.05, 3.63) is 94.0 Å². The summed E-state index contributed by atoms with van der Waals surface area (Å²) in [6.07, 6.45) is 0. The van der Waals surface area contributed by atoms with Crippen LogP contribution in [0.3, 0.4) is 0 Å². The second-order valence-electron chi connectivity index (χ2n) is 9.20. The lowest BCUT2D eigenvalue weighted by atomic mass is 9.96. The zero-order valence-corrected chi connectivity index (χ0v) is 22.8. The summed E-state index contributed by atoms with van der Waals surface area (Å²) in [5.41, 5.74) is 5.97. The van der Waals surface area contributed by atoms with Crippen LogP contribution in [0.5, 0.6) is 5.75 Å². The first-order valence-corrected chi connectivity index (χ1v) is 13.6. The monoisotopic (exact) mass is 508 g/mol. The van der Waals surface area contributed by atoms with Crippen molar-refractivity contribution in [3.63, 3.8) is 0 Å². The van der Waals surface area contributed by atoms with Crippen LogP contribution in [-0.2, 0) is 21.4 Å². The van der Waals surface area contributed by atoms with Crippen LogP contribution >= 0.6 is 0 Å². The lowest BCUT2D eigenvalue weighted by Gasteiger charge is -2.24. The van der Waals surface area contributed by atoms with E-state index >= 15 is 0 Å². The van der Waals surface area contributed by atoms with Gasteiger partial charge in [0.05, 0.1) is 24.1 Å². The molecule has 0 radical (unpaired) electrons. The summed E-state index contributed by atoms with van der Waals surface area (Å²) in [5, 5.41) is 3.00. The first kappa shape index (κ1) is 27.4. The molecule has 0 unspecified atom stereocenters. The molecule has 1 atom stereocenters. The lowest BCUT2D eigenvalue weighted by molar-refractivity contribution is -0.122. The highest BCUT2D eigenvalue weighted by Crippen LogP contribution is 2.26. The van der Waals surface area contributed by atoms with E-state index in [4.69, 9.17) is 4.74 Å². The van der Waals surface area contributed by atoms with Gasteiger partial charge in [-0.05, 0) is 93.1 Å². The largest absolute Gasteiger partial charge is 0.494 e. The number of sulfonamides is 1. The molecule has 1 N–H and O–H groups in total. The minimum absolute atomic E-state index is 0.0832. The maximum atomic E-state index is 13.7. The van der Waals surface area contributed by atoms with Crippen LogP contribution in [0.25, 0.3) is 0 Å². The predicted octanol–water partition coefficient (Wildman–Crippen LogP) is 5.39. The number of carbonyl (C=O) groups is 1. The van der Waals surface area contributed by atoms with Crippen molar-refractivity contribution < 1.29 is 17.9 Å². The number of hydrogen-bond donors (Lipinski definition) is 1. The average Bonchev–Trinajstić information content (AvgIpc) is 2.82. The average molecular weight is 509 g/mol. The minimum Gasteiger partial charge on any atom is -0.494 e. The molecule has 36 heavy (non-hydrogen) atoms. The van der Waals surface area contributed by atoms with Crippen molar-refractivity contribution in [1.82, 2.24) is 9.62 Å². The molecule has 0 fully saturated rings. The van der Waals surface area contributed by atoms with Gasteiger partial charge >= 0.3 is 0 Å². The van der Waals surface area contributed by atoms with E-state index < -0.39 is 10.0 Å². The molecular formula is C29H36N2O4S. The van der Waals surface area contributed by atoms with Gasteiger partial charge in [0.15, 0.2) is 0 Å². The minimum atomic E-state index is -3.95. The molecule has 192 valence electrons. The first-order chi connectivity index (χ1) is 17.0. The molecular weight excluding hydrogens is 472 g/mol. The van der Waals surface area contributed by atoms with Gasteiger partial charge in [-0.2, -0.15) is 4.31 Å². The van der Waals surface area contributed by atoms with Gasteiger partial charge in [0.2, 0.25) is 15.9 Å². The molecule has 1 amide bonds. The molecule has 0 aromatic heterocycles. The standard InChI is InChI=1S/C29H36N2O4S/c1-7-35-28-14-13-26(16-23(28)5)36(33,34)31(18-25-11-9-8-10-12-25)19-29(32)30-24(6)27-17-21(3)20(2)15-22(27)4/h8-17,24H,7,18-19H2,1-6H3,(H,30,32)/t24-/m1/s1. The molecule has 0 heterocycles. The molecule has 3 rings (SSSR count). The molecule has 0 bridgehead atoms. The number of benzene rings is 3. The van der Waals surface area contributed by atoms with Crippen molar-refractivity contribution in [2.45, 2.75) is 59.0 Å². The predicted molar refractivity (Wildman–Crippen MR) is 144 cm³/mol. The lowest BCUT2D eigenvalue weighted by Crippen LogP contribution is -2.41. The summed E-state index contributed by atoms with van der Waals surface area (Å²) >= 11 is 0. The van der Waals surface area contributed by atoms with Gasteiger partial charge < -0.3 is 10.1 Å². The molecule has 0 saturated heterocycles. The van der Waals surface area contributed by atoms with Crippen LogP contribution in [0, 0.1) is 27.7 Å². The highest BCUT2D eigenvalue weighted by molar-refractivity contribution is 7.89. The van der Waals surface area contributed by atoms with E-state index in [1.807, 2.05) is 65.0 Å². The third-order valence-corrected chi connectivity index (χ3v) is 8.12. The molecule has 0 aliphatic rings. The van der Waals surface area contributed by atoms with E-state index in [1.165, 1.54) is 15.9 Å². The summed E-state index contributed by atoms with van der Waals surface area (Å²) in [7, 11) is -3.95. The maximum absolute atomic E-state index is 13.7. The van der Waals surface area contributed by atoms with E-state index in [0.29, 0.717) is 12.4 Å². The molecule has 0 saturated carbocycles. The third-order valence-electron chi connectivity index (χ3n) is 6.33. The number of carbonyl (C=O) groups excluding carboxylic acids is 1. The molecule has 3 aromatic rings. The second kappa shape index (κ2) is 11.7. The molecule has 3 aromatic carbocycles. The van der Waals surface area contributed by atoms with Gasteiger partial charge in [0.25, 0.3) is 0 Å². The Balaban J connectivity index is 1.87. The number of hydrogen-bond acceptors (Lipinski definition) is 4. The molecule has 0 aliphatic heterocycles. The van der Waals surface area contributed by atoms with Crippen LogP contribution in [0.2, 0.25) is 0 Å². The molecule has 0 spiro atoms. The van der Waals surface area contributed by atoms with Crippen molar-refractivity contribution in [3.8, 4) is 5.75 Å². The van der Waals surface area contributed by atoms with E-state index in [-0.39, 0.29) is 29.9 Å². The number of amides is 1. The fourth-order valence-electron chi connectivity index (χ4n) is 4.24. The number of ether oxygens (including phenoxy) is 1. The molecule has 0 aliphatic carbocycles. The van der Waals surface area contributed by atoms with Gasteiger partial charge in [0.1, 0.15) is 5.75 Å². The Kier molecular flexibility index (Phi) is 8.93. The number of rotatable bonds is 10. The summed E-state index contributed by atoms with van der Waals surface area (Å²) < 4.78 is 34.2. The third kappa shape index (κ3) is 6.53. The Labute approximate surface area is 215 Å². The van der Waals surface area contributed by atoms with Gasteiger partial charge in [-0.1, -0.05) is 42.5 Å². The fourth-order valence-corrected chi connectivity index (χ4v) is 5.71. The quantitative estimate of drug-likeness (QED) is 0.399. The van der Waals surface area contributed by atoms with Crippen LogP contribution in [0.1, 0.15) is 53.3 Å². The Morgan fingerprint density at radius 3 is 2.22 bits per heavy atom. The molecule has 7 heteroatoms. The van der Waals surface area contributed by atoms with Gasteiger partial charge in [-0.3, -0.25) is 4.79 Å².